The molecule has 6 heteroatoms. The minimum atomic E-state index is -0.567. The number of carbonyl (C=O) groups excluding carboxylic acids is 2. The number of hydrogen-bond donors (Lipinski definition) is 3. The molecule has 1 fully saturated rings. The van der Waals surface area contributed by atoms with Crippen LogP contribution in [0.3, 0.4) is 0 Å². The molecular formula is C28H40N4O2. The van der Waals surface area contributed by atoms with Crippen molar-refractivity contribution in [3.05, 3.63) is 65.7 Å². The van der Waals surface area contributed by atoms with E-state index in [-0.39, 0.29) is 23.9 Å². The zero-order chi connectivity index (χ0) is 24.5. The molecule has 0 spiro atoms. The van der Waals surface area contributed by atoms with E-state index in [1.54, 1.807) is 0 Å². The highest BCUT2D eigenvalue weighted by Gasteiger charge is 2.29. The largest absolute Gasteiger partial charge is 0.351 e. The van der Waals surface area contributed by atoms with Crippen molar-refractivity contribution in [1.29, 1.82) is 0 Å². The van der Waals surface area contributed by atoms with Crippen LogP contribution in [-0.2, 0) is 11.3 Å². The van der Waals surface area contributed by atoms with Crippen LogP contribution >= 0.6 is 0 Å². The van der Waals surface area contributed by atoms with Crippen LogP contribution in [0.1, 0.15) is 64.0 Å². The first-order chi connectivity index (χ1) is 16.4. The normalized spacial score (nSPS) is 16.6. The highest BCUT2D eigenvalue weighted by atomic mass is 16.2. The fraction of sp³-hybridized carbons (Fsp3) is 0.500. The summed E-state index contributed by atoms with van der Waals surface area (Å²) in [5, 5.41) is 8.98. The third-order valence-corrected chi connectivity index (χ3v) is 6.80. The number of rotatable bonds is 9. The Morgan fingerprint density at radius 2 is 1.62 bits per heavy atom. The summed E-state index contributed by atoms with van der Waals surface area (Å²) < 4.78 is 0. The summed E-state index contributed by atoms with van der Waals surface area (Å²) in [5.74, 6) is 0.375. The van der Waals surface area contributed by atoms with Gasteiger partial charge in [-0.3, -0.25) is 9.69 Å². The van der Waals surface area contributed by atoms with Crippen LogP contribution in [0, 0.1) is 5.92 Å². The number of urea groups is 1. The topological polar surface area (TPSA) is 73.5 Å². The van der Waals surface area contributed by atoms with Crippen LogP contribution < -0.4 is 16.0 Å². The standard InChI is InChI=1S/C28H40N4O2/c1-5-21(4)26(31-28(34)30-24-13-11-23(12-14-24)20(2)3)27(33)29-25-15-17-32(18-16-25)19-22-9-7-6-8-10-22/h6-14,20-21,25-26H,5,15-19H2,1-4H3,(H,29,33)(H2,30,31,34). The first-order valence-corrected chi connectivity index (χ1v) is 12.6. The average molecular weight is 465 g/mol. The van der Waals surface area contributed by atoms with Gasteiger partial charge in [0.25, 0.3) is 0 Å². The Balaban J connectivity index is 1.50. The van der Waals surface area contributed by atoms with Gasteiger partial charge in [0.15, 0.2) is 0 Å². The van der Waals surface area contributed by atoms with Crippen LogP contribution in [-0.4, -0.2) is 42.0 Å². The van der Waals surface area contributed by atoms with Crippen molar-refractivity contribution < 1.29 is 9.59 Å². The van der Waals surface area contributed by atoms with Gasteiger partial charge in [-0.15, -0.1) is 0 Å². The molecule has 0 radical (unpaired) electrons. The van der Waals surface area contributed by atoms with Crippen LogP contribution in [0.5, 0.6) is 0 Å². The Labute approximate surface area is 204 Å². The number of nitrogens with one attached hydrogen (secondary N) is 3. The lowest BCUT2D eigenvalue weighted by Gasteiger charge is -2.34. The van der Waals surface area contributed by atoms with Crippen molar-refractivity contribution in [3.63, 3.8) is 0 Å². The zero-order valence-corrected chi connectivity index (χ0v) is 21.0. The van der Waals surface area contributed by atoms with Gasteiger partial charge in [-0.2, -0.15) is 0 Å². The van der Waals surface area contributed by atoms with Gasteiger partial charge in [0.05, 0.1) is 0 Å². The zero-order valence-electron chi connectivity index (χ0n) is 21.0. The minimum Gasteiger partial charge on any atom is -0.351 e. The van der Waals surface area contributed by atoms with Gasteiger partial charge in [-0.05, 0) is 47.9 Å². The van der Waals surface area contributed by atoms with E-state index in [0.29, 0.717) is 5.92 Å². The second-order valence-corrected chi connectivity index (χ2v) is 9.78. The number of amides is 3. The molecule has 34 heavy (non-hydrogen) atoms. The van der Waals surface area contributed by atoms with Gasteiger partial charge < -0.3 is 16.0 Å². The van der Waals surface area contributed by atoms with Gasteiger partial charge >= 0.3 is 6.03 Å². The molecule has 2 aromatic rings. The molecule has 2 unspecified atom stereocenters. The molecular weight excluding hydrogens is 424 g/mol. The van der Waals surface area contributed by atoms with Gasteiger partial charge in [0, 0.05) is 31.4 Å². The number of likely N-dealkylation sites (tertiary alicyclic amines) is 1. The second kappa shape index (κ2) is 12.6. The maximum atomic E-state index is 13.1. The second-order valence-electron chi connectivity index (χ2n) is 9.78. The Kier molecular flexibility index (Phi) is 9.52. The SMILES string of the molecule is CCC(C)C(NC(=O)Nc1ccc(C(C)C)cc1)C(=O)NC1CCN(Cc2ccccc2)CC1. The molecule has 3 rings (SSSR count). The number of carbonyl (C=O) groups is 2. The molecule has 0 aromatic heterocycles. The fourth-order valence-corrected chi connectivity index (χ4v) is 4.33. The van der Waals surface area contributed by atoms with E-state index in [0.717, 1.165) is 44.6 Å². The van der Waals surface area contributed by atoms with Crippen LogP contribution in [0.25, 0.3) is 0 Å². The summed E-state index contributed by atoms with van der Waals surface area (Å²) in [5.41, 5.74) is 3.25. The van der Waals surface area contributed by atoms with Gasteiger partial charge in [-0.1, -0.05) is 76.6 Å². The van der Waals surface area contributed by atoms with E-state index in [1.807, 2.05) is 44.2 Å². The van der Waals surface area contributed by atoms with Crippen molar-refractivity contribution >= 4 is 17.6 Å². The van der Waals surface area contributed by atoms with Gasteiger partial charge in [0.1, 0.15) is 6.04 Å². The lowest BCUT2D eigenvalue weighted by Crippen LogP contribution is -2.55. The number of nitrogens with zero attached hydrogens (tertiary/aromatic N) is 1. The minimum absolute atomic E-state index is 0.0345. The monoisotopic (exact) mass is 464 g/mol. The number of anilines is 1. The summed E-state index contributed by atoms with van der Waals surface area (Å²) in [6.45, 7) is 11.2. The van der Waals surface area contributed by atoms with Crippen molar-refractivity contribution in [2.75, 3.05) is 18.4 Å². The first kappa shape index (κ1) is 25.8. The quantitative estimate of drug-likeness (QED) is 0.482. The lowest BCUT2D eigenvalue weighted by atomic mass is 9.97. The van der Waals surface area contributed by atoms with Crippen molar-refractivity contribution in [2.45, 2.75) is 71.5 Å². The van der Waals surface area contributed by atoms with E-state index in [4.69, 9.17) is 0 Å². The predicted molar refractivity (Wildman–Crippen MR) is 139 cm³/mol. The maximum Gasteiger partial charge on any atom is 0.319 e. The lowest BCUT2D eigenvalue weighted by molar-refractivity contribution is -0.125. The highest BCUT2D eigenvalue weighted by Crippen LogP contribution is 2.18. The summed E-state index contributed by atoms with van der Waals surface area (Å²) in [6.07, 6.45) is 2.64. The van der Waals surface area contributed by atoms with E-state index >= 15 is 0 Å². The molecule has 0 bridgehead atoms. The molecule has 3 amide bonds. The molecule has 1 saturated heterocycles. The molecule has 0 saturated carbocycles. The molecule has 1 heterocycles. The Morgan fingerprint density at radius 1 is 0.971 bits per heavy atom. The van der Waals surface area contributed by atoms with Crippen LogP contribution in [0.15, 0.2) is 54.6 Å². The summed E-state index contributed by atoms with van der Waals surface area (Å²) >= 11 is 0. The Bertz CT molecular complexity index is 906. The molecule has 184 valence electrons. The van der Waals surface area contributed by atoms with E-state index < -0.39 is 6.04 Å². The first-order valence-electron chi connectivity index (χ1n) is 12.6. The summed E-state index contributed by atoms with van der Waals surface area (Å²) in [6, 6.07) is 17.5. The van der Waals surface area contributed by atoms with Gasteiger partial charge in [-0.25, -0.2) is 4.79 Å². The third-order valence-electron chi connectivity index (χ3n) is 6.80. The van der Waals surface area contributed by atoms with Gasteiger partial charge in [0.2, 0.25) is 5.91 Å². The van der Waals surface area contributed by atoms with Crippen LogP contribution in [0.2, 0.25) is 0 Å². The highest BCUT2D eigenvalue weighted by molar-refractivity contribution is 5.93. The third kappa shape index (κ3) is 7.59. The smallest absolute Gasteiger partial charge is 0.319 e. The average Bonchev–Trinajstić information content (AvgIpc) is 2.84. The predicted octanol–water partition coefficient (Wildman–Crippen LogP) is 5.13. The molecule has 1 aliphatic heterocycles. The number of hydrogen-bond acceptors (Lipinski definition) is 3. The molecule has 3 N–H and O–H groups in total. The van der Waals surface area contributed by atoms with Crippen molar-refractivity contribution in [1.82, 2.24) is 15.5 Å². The van der Waals surface area contributed by atoms with E-state index in [1.165, 1.54) is 11.1 Å². The fourth-order valence-electron chi connectivity index (χ4n) is 4.33. The number of piperidine rings is 1. The van der Waals surface area contributed by atoms with Crippen molar-refractivity contribution in [2.24, 2.45) is 5.92 Å². The molecule has 2 atom stereocenters. The number of benzene rings is 2. The molecule has 2 aromatic carbocycles. The molecule has 6 nitrogen and oxygen atoms in total. The molecule has 0 aliphatic carbocycles. The van der Waals surface area contributed by atoms with E-state index in [9.17, 15) is 9.59 Å². The Hall–Kier alpha value is -2.86. The summed E-state index contributed by atoms with van der Waals surface area (Å²) in [7, 11) is 0. The van der Waals surface area contributed by atoms with Crippen molar-refractivity contribution in [3.8, 4) is 0 Å². The summed E-state index contributed by atoms with van der Waals surface area (Å²) in [4.78, 5) is 28.2. The molecule has 1 aliphatic rings. The maximum absolute atomic E-state index is 13.1. The Morgan fingerprint density at radius 3 is 2.21 bits per heavy atom. The van der Waals surface area contributed by atoms with Crippen LogP contribution in [0.4, 0.5) is 10.5 Å². The van der Waals surface area contributed by atoms with E-state index in [2.05, 4.69) is 59.0 Å².